The van der Waals surface area contributed by atoms with Crippen molar-refractivity contribution < 1.29 is 18.7 Å². The molecule has 0 radical (unpaired) electrons. The predicted molar refractivity (Wildman–Crippen MR) is 125 cm³/mol. The fourth-order valence-corrected chi connectivity index (χ4v) is 3.53. The second-order valence-corrected chi connectivity index (χ2v) is 7.37. The third-order valence-electron chi connectivity index (χ3n) is 5.24. The van der Waals surface area contributed by atoms with Crippen LogP contribution in [0, 0.1) is 5.82 Å². The lowest BCUT2D eigenvalue weighted by Gasteiger charge is -2.10. The van der Waals surface area contributed by atoms with Gasteiger partial charge in [-0.05, 0) is 60.5 Å². The van der Waals surface area contributed by atoms with E-state index in [1.807, 2.05) is 48.5 Å². The van der Waals surface area contributed by atoms with Crippen LogP contribution in [0.4, 0.5) is 4.39 Å². The Bertz CT molecular complexity index is 1240. The highest BCUT2D eigenvalue weighted by Gasteiger charge is 2.18. The van der Waals surface area contributed by atoms with Gasteiger partial charge in [0, 0.05) is 18.3 Å². The molecule has 1 heterocycles. The number of nitrogens with one attached hydrogen (secondary N) is 1. The van der Waals surface area contributed by atoms with Crippen molar-refractivity contribution in [1.82, 2.24) is 15.1 Å². The molecular weight excluding hydrogens is 421 g/mol. The summed E-state index contributed by atoms with van der Waals surface area (Å²) in [6, 6.07) is 21.1. The molecule has 6 nitrogen and oxygen atoms in total. The van der Waals surface area contributed by atoms with E-state index in [1.165, 1.54) is 12.1 Å². The minimum atomic E-state index is -0.345. The van der Waals surface area contributed by atoms with Gasteiger partial charge in [0.05, 0.1) is 25.5 Å². The van der Waals surface area contributed by atoms with Gasteiger partial charge < -0.3 is 14.8 Å². The number of para-hydroxylation sites is 1. The largest absolute Gasteiger partial charge is 0.493 e. The molecule has 0 aliphatic rings. The maximum Gasteiger partial charge on any atom is 0.255 e. The maximum atomic E-state index is 13.4. The first-order valence-electron chi connectivity index (χ1n) is 10.5. The topological polar surface area (TPSA) is 65.4 Å². The summed E-state index contributed by atoms with van der Waals surface area (Å²) in [5, 5.41) is 7.57. The number of carbonyl (C=O) groups excluding carboxylic acids is 1. The minimum Gasteiger partial charge on any atom is -0.493 e. The molecule has 1 amide bonds. The summed E-state index contributed by atoms with van der Waals surface area (Å²) in [4.78, 5) is 13.1. The SMILES string of the molecule is COc1ccc(CCNC(=O)c2cn(-c3ccccc3)nc2-c2ccc(F)cc2)cc1OC. The average molecular weight is 445 g/mol. The summed E-state index contributed by atoms with van der Waals surface area (Å²) in [6.07, 6.45) is 2.31. The molecule has 0 aliphatic carbocycles. The van der Waals surface area contributed by atoms with Crippen molar-refractivity contribution in [3.63, 3.8) is 0 Å². The molecule has 0 spiro atoms. The molecule has 0 unspecified atom stereocenters. The summed E-state index contributed by atoms with van der Waals surface area (Å²) in [7, 11) is 3.18. The third kappa shape index (κ3) is 5.03. The predicted octanol–water partition coefficient (Wildman–Crippen LogP) is 4.67. The highest BCUT2D eigenvalue weighted by molar-refractivity contribution is 5.99. The lowest BCUT2D eigenvalue weighted by Crippen LogP contribution is -2.25. The number of aromatic nitrogens is 2. The molecule has 1 aromatic heterocycles. The van der Waals surface area contributed by atoms with Gasteiger partial charge in [0.15, 0.2) is 11.5 Å². The van der Waals surface area contributed by atoms with Crippen molar-refractivity contribution >= 4 is 5.91 Å². The van der Waals surface area contributed by atoms with E-state index < -0.39 is 0 Å². The first kappa shape index (κ1) is 22.1. The molecule has 4 aromatic rings. The highest BCUT2D eigenvalue weighted by atomic mass is 19.1. The number of amides is 1. The van der Waals surface area contributed by atoms with Gasteiger partial charge in [-0.15, -0.1) is 0 Å². The van der Waals surface area contributed by atoms with Crippen LogP contribution < -0.4 is 14.8 Å². The first-order valence-corrected chi connectivity index (χ1v) is 10.5. The first-order chi connectivity index (χ1) is 16.1. The lowest BCUT2D eigenvalue weighted by atomic mass is 10.1. The molecule has 0 aliphatic heterocycles. The van der Waals surface area contributed by atoms with Crippen LogP contribution in [0.1, 0.15) is 15.9 Å². The number of ether oxygens (including phenoxy) is 2. The van der Waals surface area contributed by atoms with Gasteiger partial charge in [-0.1, -0.05) is 24.3 Å². The van der Waals surface area contributed by atoms with Gasteiger partial charge in [-0.2, -0.15) is 5.10 Å². The molecule has 3 aromatic carbocycles. The number of halogens is 1. The summed E-state index contributed by atoms with van der Waals surface area (Å²) >= 11 is 0. The van der Waals surface area contributed by atoms with Gasteiger partial charge in [0.1, 0.15) is 11.5 Å². The second kappa shape index (κ2) is 9.99. The van der Waals surface area contributed by atoms with E-state index in [-0.39, 0.29) is 11.7 Å². The van der Waals surface area contributed by atoms with E-state index >= 15 is 0 Å². The van der Waals surface area contributed by atoms with Gasteiger partial charge in [-0.3, -0.25) is 4.79 Å². The molecule has 1 N–H and O–H groups in total. The van der Waals surface area contributed by atoms with E-state index in [0.717, 1.165) is 11.3 Å². The maximum absolute atomic E-state index is 13.4. The summed E-state index contributed by atoms with van der Waals surface area (Å²) in [5.74, 6) is 0.700. The Morgan fingerprint density at radius 2 is 1.70 bits per heavy atom. The number of hydrogen-bond donors (Lipinski definition) is 1. The van der Waals surface area contributed by atoms with Crippen LogP contribution in [0.25, 0.3) is 16.9 Å². The van der Waals surface area contributed by atoms with Crippen LogP contribution in [0.3, 0.4) is 0 Å². The van der Waals surface area contributed by atoms with Gasteiger partial charge in [0.2, 0.25) is 0 Å². The Morgan fingerprint density at radius 3 is 2.39 bits per heavy atom. The summed E-state index contributed by atoms with van der Waals surface area (Å²) in [6.45, 7) is 0.424. The van der Waals surface area contributed by atoms with Crippen LogP contribution in [-0.4, -0.2) is 36.5 Å². The number of nitrogens with zero attached hydrogens (tertiary/aromatic N) is 2. The Kier molecular flexibility index (Phi) is 6.69. The van der Waals surface area contributed by atoms with E-state index in [0.29, 0.717) is 41.3 Å². The Morgan fingerprint density at radius 1 is 0.970 bits per heavy atom. The van der Waals surface area contributed by atoms with E-state index in [4.69, 9.17) is 9.47 Å². The van der Waals surface area contributed by atoms with Crippen LogP contribution in [-0.2, 0) is 6.42 Å². The molecule has 0 fully saturated rings. The monoisotopic (exact) mass is 445 g/mol. The van der Waals surface area contributed by atoms with Crippen molar-refractivity contribution in [3.05, 3.63) is 95.9 Å². The summed E-state index contributed by atoms with van der Waals surface area (Å²) in [5.41, 5.74) is 3.40. The van der Waals surface area contributed by atoms with Crippen molar-refractivity contribution in [2.45, 2.75) is 6.42 Å². The van der Waals surface area contributed by atoms with Crippen LogP contribution in [0.2, 0.25) is 0 Å². The minimum absolute atomic E-state index is 0.253. The zero-order chi connectivity index (χ0) is 23.2. The van der Waals surface area contributed by atoms with E-state index in [2.05, 4.69) is 10.4 Å². The zero-order valence-corrected chi connectivity index (χ0v) is 18.4. The third-order valence-corrected chi connectivity index (χ3v) is 5.24. The Balaban J connectivity index is 1.55. The number of hydrogen-bond acceptors (Lipinski definition) is 4. The van der Waals surface area contributed by atoms with E-state index in [1.54, 1.807) is 37.2 Å². The van der Waals surface area contributed by atoms with Gasteiger partial charge in [-0.25, -0.2) is 9.07 Å². The van der Waals surface area contributed by atoms with Gasteiger partial charge in [0.25, 0.3) is 5.91 Å². The van der Waals surface area contributed by atoms with Crippen molar-refractivity contribution in [1.29, 1.82) is 0 Å². The van der Waals surface area contributed by atoms with Gasteiger partial charge >= 0.3 is 0 Å². The summed E-state index contributed by atoms with van der Waals surface area (Å²) < 4.78 is 25.7. The molecule has 0 saturated carbocycles. The average Bonchev–Trinajstić information content (AvgIpc) is 3.30. The van der Waals surface area contributed by atoms with Crippen LogP contribution >= 0.6 is 0 Å². The van der Waals surface area contributed by atoms with Crippen LogP contribution in [0.15, 0.2) is 79.0 Å². The molecule has 0 bridgehead atoms. The fourth-order valence-electron chi connectivity index (χ4n) is 3.53. The molecule has 0 saturated heterocycles. The molecule has 4 rings (SSSR count). The quantitative estimate of drug-likeness (QED) is 0.428. The van der Waals surface area contributed by atoms with Crippen molar-refractivity contribution in [2.24, 2.45) is 0 Å². The normalized spacial score (nSPS) is 10.6. The number of rotatable bonds is 8. The zero-order valence-electron chi connectivity index (χ0n) is 18.4. The molecule has 0 atom stereocenters. The molecule has 7 heteroatoms. The van der Waals surface area contributed by atoms with Crippen molar-refractivity contribution in [3.8, 4) is 28.4 Å². The smallest absolute Gasteiger partial charge is 0.255 e. The molecular formula is C26H24FN3O3. The number of benzene rings is 3. The second-order valence-electron chi connectivity index (χ2n) is 7.37. The van der Waals surface area contributed by atoms with Crippen LogP contribution in [0.5, 0.6) is 11.5 Å². The van der Waals surface area contributed by atoms with E-state index in [9.17, 15) is 9.18 Å². The number of methoxy groups -OCH3 is 2. The highest BCUT2D eigenvalue weighted by Crippen LogP contribution is 2.28. The number of carbonyl (C=O) groups is 1. The van der Waals surface area contributed by atoms with Crippen molar-refractivity contribution in [2.75, 3.05) is 20.8 Å². The molecule has 168 valence electrons. The Hall–Kier alpha value is -4.13. The lowest BCUT2D eigenvalue weighted by molar-refractivity contribution is 0.0954. The fraction of sp³-hybridized carbons (Fsp3) is 0.154. The molecule has 33 heavy (non-hydrogen) atoms. The standard InChI is InChI=1S/C26H24FN3O3/c1-32-23-13-8-18(16-24(23)33-2)14-15-28-26(31)22-17-30(21-6-4-3-5-7-21)29-25(22)19-9-11-20(27)12-10-19/h3-13,16-17H,14-15H2,1-2H3,(H,28,31). The Labute approximate surface area is 191 Å².